The Balaban J connectivity index is 1.51. The van der Waals surface area contributed by atoms with Gasteiger partial charge in [-0.3, -0.25) is 0 Å². The van der Waals surface area contributed by atoms with Crippen LogP contribution in [0.15, 0.2) is 30.3 Å². The average molecular weight is 314 g/mol. The minimum atomic E-state index is 0.301. The van der Waals surface area contributed by atoms with Crippen LogP contribution in [0.5, 0.6) is 0 Å². The minimum Gasteiger partial charge on any atom is -0.325 e. The molecule has 0 N–H and O–H groups in total. The minimum absolute atomic E-state index is 0.301. The Kier molecular flexibility index (Phi) is 5.58. The highest BCUT2D eigenvalue weighted by molar-refractivity contribution is 5.75. The predicted molar refractivity (Wildman–Crippen MR) is 94.5 cm³/mol. The van der Waals surface area contributed by atoms with Gasteiger partial charge in [0.2, 0.25) is 0 Å². The van der Waals surface area contributed by atoms with E-state index in [-0.39, 0.29) is 0 Å². The Morgan fingerprint density at radius 2 is 1.78 bits per heavy atom. The molecule has 2 aliphatic heterocycles. The van der Waals surface area contributed by atoms with Crippen LogP contribution in [0.1, 0.15) is 51.0 Å². The highest BCUT2D eigenvalue weighted by Gasteiger charge is 2.31. The van der Waals surface area contributed by atoms with Gasteiger partial charge in [0.1, 0.15) is 0 Å². The molecule has 2 fully saturated rings. The van der Waals surface area contributed by atoms with Gasteiger partial charge in [-0.05, 0) is 56.4 Å². The molecule has 3 heteroatoms. The van der Waals surface area contributed by atoms with Gasteiger partial charge in [0.25, 0.3) is 0 Å². The van der Waals surface area contributed by atoms with E-state index in [2.05, 4.69) is 47.1 Å². The molecule has 1 unspecified atom stereocenters. The highest BCUT2D eigenvalue weighted by Crippen LogP contribution is 2.25. The van der Waals surface area contributed by atoms with Crippen molar-refractivity contribution < 1.29 is 4.79 Å². The van der Waals surface area contributed by atoms with Crippen LogP contribution in [0.25, 0.3) is 0 Å². The van der Waals surface area contributed by atoms with Gasteiger partial charge in [0, 0.05) is 25.7 Å². The molecule has 0 aromatic heterocycles. The van der Waals surface area contributed by atoms with E-state index in [0.717, 1.165) is 51.2 Å². The first-order valence-corrected chi connectivity index (χ1v) is 9.37. The lowest BCUT2D eigenvalue weighted by Gasteiger charge is -2.41. The van der Waals surface area contributed by atoms with Crippen LogP contribution in [0, 0.1) is 5.92 Å². The third kappa shape index (κ3) is 4.07. The molecular formula is C20H30N2O. The van der Waals surface area contributed by atoms with Crippen molar-refractivity contribution in [3.63, 3.8) is 0 Å². The van der Waals surface area contributed by atoms with Gasteiger partial charge in [0.05, 0.1) is 0 Å². The number of hydrogen-bond donors (Lipinski definition) is 0. The molecule has 3 nitrogen and oxygen atoms in total. The number of piperidine rings is 2. The molecule has 3 rings (SSSR count). The first-order chi connectivity index (χ1) is 11.3. The van der Waals surface area contributed by atoms with Crippen LogP contribution in [-0.2, 0) is 6.42 Å². The van der Waals surface area contributed by atoms with Crippen LogP contribution >= 0.6 is 0 Å². The lowest BCUT2D eigenvalue weighted by molar-refractivity contribution is 0.0999. The van der Waals surface area contributed by atoms with Gasteiger partial charge in [-0.1, -0.05) is 37.3 Å². The first-order valence-electron chi connectivity index (χ1n) is 9.37. The molecule has 2 heterocycles. The smallest absolute Gasteiger partial charge is 0.320 e. The number of benzene rings is 1. The summed E-state index contributed by atoms with van der Waals surface area (Å²) < 4.78 is 0. The molecule has 23 heavy (non-hydrogen) atoms. The normalized spacial score (nSPS) is 23.1. The van der Waals surface area contributed by atoms with Crippen molar-refractivity contribution in [2.75, 3.05) is 19.6 Å². The molecule has 2 saturated heterocycles. The molecular weight excluding hydrogens is 284 g/mol. The topological polar surface area (TPSA) is 23.6 Å². The van der Waals surface area contributed by atoms with Gasteiger partial charge in [-0.2, -0.15) is 0 Å². The maximum absolute atomic E-state index is 12.8. The van der Waals surface area contributed by atoms with Crippen molar-refractivity contribution in [1.82, 2.24) is 9.80 Å². The summed E-state index contributed by atoms with van der Waals surface area (Å²) in [4.78, 5) is 17.1. The summed E-state index contributed by atoms with van der Waals surface area (Å²) >= 11 is 0. The Morgan fingerprint density at radius 3 is 2.48 bits per heavy atom. The van der Waals surface area contributed by atoms with E-state index in [1.807, 2.05) is 0 Å². The van der Waals surface area contributed by atoms with Crippen molar-refractivity contribution in [2.45, 2.75) is 57.9 Å². The van der Waals surface area contributed by atoms with E-state index < -0.39 is 0 Å². The Hall–Kier alpha value is -1.51. The summed E-state index contributed by atoms with van der Waals surface area (Å²) in [5.41, 5.74) is 1.43. The van der Waals surface area contributed by atoms with Gasteiger partial charge in [0.15, 0.2) is 0 Å². The van der Waals surface area contributed by atoms with Gasteiger partial charge in [-0.15, -0.1) is 0 Å². The molecule has 126 valence electrons. The summed E-state index contributed by atoms with van der Waals surface area (Å²) in [6.45, 7) is 5.04. The molecule has 2 amide bonds. The van der Waals surface area contributed by atoms with Crippen molar-refractivity contribution in [3.05, 3.63) is 35.9 Å². The Bertz CT molecular complexity index is 494. The van der Waals surface area contributed by atoms with Gasteiger partial charge < -0.3 is 9.80 Å². The summed E-state index contributed by atoms with van der Waals surface area (Å²) in [5.74, 6) is 0.727. The number of rotatable bonds is 3. The van der Waals surface area contributed by atoms with Crippen LogP contribution in [-0.4, -0.2) is 41.5 Å². The standard InChI is InChI=1S/C20H30N2O/c1-2-19-10-6-7-13-22(19)20(23)21-14-11-18(12-15-21)16-17-8-4-3-5-9-17/h3-5,8-9,18-19H,2,6-7,10-16H2,1H3. The summed E-state index contributed by atoms with van der Waals surface area (Å²) in [6.07, 6.45) is 8.18. The summed E-state index contributed by atoms with van der Waals surface area (Å²) in [5, 5.41) is 0. The van der Waals surface area contributed by atoms with Gasteiger partial charge >= 0.3 is 6.03 Å². The second kappa shape index (κ2) is 7.85. The van der Waals surface area contributed by atoms with E-state index in [9.17, 15) is 4.79 Å². The summed E-state index contributed by atoms with van der Waals surface area (Å²) in [7, 11) is 0. The zero-order valence-corrected chi connectivity index (χ0v) is 14.4. The van der Waals surface area contributed by atoms with E-state index in [1.54, 1.807) is 0 Å². The lowest BCUT2D eigenvalue weighted by atomic mass is 9.90. The average Bonchev–Trinajstić information content (AvgIpc) is 2.62. The molecule has 0 bridgehead atoms. The number of urea groups is 1. The molecule has 0 aliphatic carbocycles. The second-order valence-corrected chi connectivity index (χ2v) is 7.15. The SMILES string of the molecule is CCC1CCCCN1C(=O)N1CCC(Cc2ccccc2)CC1. The van der Waals surface area contributed by atoms with E-state index in [4.69, 9.17) is 0 Å². The largest absolute Gasteiger partial charge is 0.325 e. The Morgan fingerprint density at radius 1 is 1.04 bits per heavy atom. The maximum atomic E-state index is 12.8. The first kappa shape index (κ1) is 16.4. The molecule has 1 aromatic carbocycles. The van der Waals surface area contributed by atoms with Crippen LogP contribution in [0.4, 0.5) is 4.79 Å². The van der Waals surface area contributed by atoms with Crippen molar-refractivity contribution in [2.24, 2.45) is 5.92 Å². The molecule has 1 atom stereocenters. The van der Waals surface area contributed by atoms with Crippen molar-refractivity contribution in [3.8, 4) is 0 Å². The molecule has 0 radical (unpaired) electrons. The zero-order valence-electron chi connectivity index (χ0n) is 14.4. The van der Waals surface area contributed by atoms with Crippen molar-refractivity contribution in [1.29, 1.82) is 0 Å². The van der Waals surface area contributed by atoms with Crippen LogP contribution < -0.4 is 0 Å². The van der Waals surface area contributed by atoms with Gasteiger partial charge in [-0.25, -0.2) is 4.79 Å². The number of carbonyl (C=O) groups is 1. The van der Waals surface area contributed by atoms with E-state index in [1.165, 1.54) is 24.8 Å². The Labute approximate surface area is 140 Å². The van der Waals surface area contributed by atoms with Crippen LogP contribution in [0.2, 0.25) is 0 Å². The zero-order chi connectivity index (χ0) is 16.1. The second-order valence-electron chi connectivity index (χ2n) is 7.15. The number of likely N-dealkylation sites (tertiary alicyclic amines) is 2. The molecule has 0 saturated carbocycles. The highest BCUT2D eigenvalue weighted by atomic mass is 16.2. The molecule has 0 spiro atoms. The lowest BCUT2D eigenvalue weighted by Crippen LogP contribution is -2.52. The monoisotopic (exact) mass is 314 g/mol. The number of hydrogen-bond acceptors (Lipinski definition) is 1. The fraction of sp³-hybridized carbons (Fsp3) is 0.650. The fourth-order valence-electron chi connectivity index (χ4n) is 4.13. The number of amides is 2. The molecule has 1 aromatic rings. The molecule has 2 aliphatic rings. The quantitative estimate of drug-likeness (QED) is 0.815. The third-order valence-corrected chi connectivity index (χ3v) is 5.60. The summed E-state index contributed by atoms with van der Waals surface area (Å²) in [6, 6.07) is 11.5. The van der Waals surface area contributed by atoms with Crippen molar-refractivity contribution >= 4 is 6.03 Å². The fourth-order valence-corrected chi connectivity index (χ4v) is 4.13. The van der Waals surface area contributed by atoms with Crippen LogP contribution in [0.3, 0.4) is 0 Å². The third-order valence-electron chi connectivity index (χ3n) is 5.60. The number of carbonyl (C=O) groups excluding carboxylic acids is 1. The maximum Gasteiger partial charge on any atom is 0.320 e. The van der Waals surface area contributed by atoms with E-state index >= 15 is 0 Å². The van der Waals surface area contributed by atoms with E-state index in [0.29, 0.717) is 12.1 Å². The number of nitrogens with zero attached hydrogens (tertiary/aromatic N) is 2. The predicted octanol–water partition coefficient (Wildman–Crippen LogP) is 4.33.